The number of nitrogens with zero attached hydrogens (tertiary/aromatic N) is 1. The molecule has 11 heteroatoms. The Labute approximate surface area is 309 Å². The summed E-state index contributed by atoms with van der Waals surface area (Å²) in [6.45, 7) is 2.85. The summed E-state index contributed by atoms with van der Waals surface area (Å²) in [5.41, 5.74) is 7.44. The molecular weight excluding hydrogens is 679 g/mol. The van der Waals surface area contributed by atoms with Crippen LogP contribution in [0.4, 0.5) is 11.4 Å². The Kier molecular flexibility index (Phi) is 13.1. The fourth-order valence-electron chi connectivity index (χ4n) is 5.21. The molecule has 5 aromatic rings. The van der Waals surface area contributed by atoms with Crippen molar-refractivity contribution in [2.24, 2.45) is 0 Å². The number of methoxy groups -OCH3 is 2. The van der Waals surface area contributed by atoms with E-state index in [-0.39, 0.29) is 6.61 Å². The highest BCUT2D eigenvalue weighted by Gasteiger charge is 2.15. The molecule has 0 aliphatic rings. The van der Waals surface area contributed by atoms with Gasteiger partial charge in [0.25, 0.3) is 0 Å². The monoisotopic (exact) mass is 717 g/mol. The van der Waals surface area contributed by atoms with Gasteiger partial charge >= 0.3 is 5.97 Å². The third-order valence-electron chi connectivity index (χ3n) is 7.66. The second-order valence-corrected chi connectivity index (χ2v) is 12.0. The summed E-state index contributed by atoms with van der Waals surface area (Å²) in [7, 11) is 3.26. The van der Waals surface area contributed by atoms with Crippen molar-refractivity contribution < 1.29 is 19.0 Å². The van der Waals surface area contributed by atoms with Crippen LogP contribution < -0.4 is 30.7 Å². The van der Waals surface area contributed by atoms with E-state index in [0.717, 1.165) is 39.2 Å². The Morgan fingerprint density at radius 2 is 1.16 bits per heavy atom. The van der Waals surface area contributed by atoms with Gasteiger partial charge in [-0.3, -0.25) is 0 Å². The minimum Gasteiger partial charge on any atom is -0.497 e. The maximum Gasteiger partial charge on any atom is 0.330 e. The lowest BCUT2D eigenvalue weighted by Crippen LogP contribution is -2.28. The van der Waals surface area contributed by atoms with E-state index in [0.29, 0.717) is 46.2 Å². The number of carbonyl (C=O) groups is 1. The van der Waals surface area contributed by atoms with E-state index in [2.05, 4.69) is 21.3 Å². The van der Waals surface area contributed by atoms with E-state index in [1.54, 1.807) is 27.2 Å². The average molecular weight is 718 g/mol. The second-order valence-electron chi connectivity index (χ2n) is 11.1. The Bertz CT molecular complexity index is 1880. The molecule has 260 valence electrons. The van der Waals surface area contributed by atoms with Crippen LogP contribution in [-0.4, -0.2) is 42.0 Å². The van der Waals surface area contributed by atoms with Gasteiger partial charge in [-0.05, 0) is 127 Å². The van der Waals surface area contributed by atoms with Crippen LogP contribution in [-0.2, 0) is 22.6 Å². The molecular formula is C40H39N5O4S2. The number of anilines is 2. The molecule has 0 saturated heterocycles. The summed E-state index contributed by atoms with van der Waals surface area (Å²) in [6.07, 6.45) is 3.15. The normalized spacial score (nSPS) is 10.6. The number of pyridine rings is 1. The van der Waals surface area contributed by atoms with Crippen molar-refractivity contribution in [2.45, 2.75) is 20.0 Å². The maximum absolute atomic E-state index is 12.3. The van der Waals surface area contributed by atoms with Crippen molar-refractivity contribution in [3.05, 3.63) is 132 Å². The lowest BCUT2D eigenvalue weighted by Gasteiger charge is -2.17. The van der Waals surface area contributed by atoms with E-state index in [9.17, 15) is 4.79 Å². The molecule has 0 fully saturated rings. The molecule has 5 rings (SSSR count). The minimum atomic E-state index is -0.431. The van der Waals surface area contributed by atoms with Crippen LogP contribution in [0.3, 0.4) is 0 Å². The standard InChI is InChI=1S/C40H39N5O4S2/c1-4-49-38(46)20-15-27-21-36(34-18-16-32(47-2)23-28(34)25-41-39(50)43-30-11-7-5-8-12-30)45-37(22-27)35-19-17-33(48-3)24-29(35)26-42-40(51)44-31-13-9-6-10-14-31/h5-24H,4,25-26H2,1-3H3,(H2,41,43,50)(H2,42,44,51)/b20-15+. The number of hydrogen-bond acceptors (Lipinski definition) is 7. The van der Waals surface area contributed by atoms with Gasteiger partial charge in [0, 0.05) is 41.7 Å². The highest BCUT2D eigenvalue weighted by molar-refractivity contribution is 7.80. The van der Waals surface area contributed by atoms with E-state index in [1.807, 2.05) is 109 Å². The van der Waals surface area contributed by atoms with Crippen LogP contribution >= 0.6 is 24.4 Å². The first kappa shape index (κ1) is 36.5. The minimum absolute atomic E-state index is 0.280. The number of ether oxygens (including phenoxy) is 3. The largest absolute Gasteiger partial charge is 0.497 e. The van der Waals surface area contributed by atoms with Gasteiger partial charge in [-0.2, -0.15) is 0 Å². The quantitative estimate of drug-likeness (QED) is 0.0541. The van der Waals surface area contributed by atoms with Gasteiger partial charge < -0.3 is 35.5 Å². The summed E-state index contributed by atoms with van der Waals surface area (Å²) in [6, 6.07) is 35.0. The lowest BCUT2D eigenvalue weighted by molar-refractivity contribution is -0.137. The third-order valence-corrected chi connectivity index (χ3v) is 8.16. The van der Waals surface area contributed by atoms with Crippen LogP contribution in [0.2, 0.25) is 0 Å². The number of thiocarbonyl (C=S) groups is 2. The van der Waals surface area contributed by atoms with E-state index >= 15 is 0 Å². The zero-order valence-electron chi connectivity index (χ0n) is 28.6. The van der Waals surface area contributed by atoms with Gasteiger partial charge in [0.1, 0.15) is 11.5 Å². The van der Waals surface area contributed by atoms with Gasteiger partial charge in [-0.15, -0.1) is 0 Å². The van der Waals surface area contributed by atoms with E-state index < -0.39 is 5.97 Å². The van der Waals surface area contributed by atoms with Crippen molar-refractivity contribution in [1.29, 1.82) is 0 Å². The summed E-state index contributed by atoms with van der Waals surface area (Å²) >= 11 is 11.2. The Balaban J connectivity index is 1.51. The highest BCUT2D eigenvalue weighted by atomic mass is 32.1. The highest BCUT2D eigenvalue weighted by Crippen LogP contribution is 2.33. The molecule has 0 atom stereocenters. The number of benzene rings is 4. The van der Waals surface area contributed by atoms with Crippen LogP contribution in [0.5, 0.6) is 11.5 Å². The predicted octanol–water partition coefficient (Wildman–Crippen LogP) is 7.98. The first-order valence-corrected chi connectivity index (χ1v) is 17.1. The van der Waals surface area contributed by atoms with Gasteiger partial charge in [0.2, 0.25) is 0 Å². The fraction of sp³-hybridized carbons (Fsp3) is 0.150. The number of hydrogen-bond donors (Lipinski definition) is 4. The number of rotatable bonds is 13. The molecule has 0 aliphatic heterocycles. The number of esters is 1. The molecule has 4 aromatic carbocycles. The van der Waals surface area contributed by atoms with Crippen LogP contribution in [0.1, 0.15) is 23.6 Å². The molecule has 0 spiro atoms. The van der Waals surface area contributed by atoms with Gasteiger partial charge in [-0.1, -0.05) is 36.4 Å². The molecule has 51 heavy (non-hydrogen) atoms. The Hall–Kier alpha value is -5.78. The molecule has 0 amide bonds. The molecule has 0 saturated carbocycles. The van der Waals surface area contributed by atoms with Crippen LogP contribution in [0, 0.1) is 0 Å². The molecule has 0 unspecified atom stereocenters. The summed E-state index contributed by atoms with van der Waals surface area (Å²) < 4.78 is 16.3. The fourth-order valence-corrected chi connectivity index (χ4v) is 5.59. The second kappa shape index (κ2) is 18.3. The zero-order valence-corrected chi connectivity index (χ0v) is 30.2. The van der Waals surface area contributed by atoms with Crippen molar-refractivity contribution in [3.8, 4) is 34.0 Å². The van der Waals surface area contributed by atoms with Gasteiger partial charge in [-0.25, -0.2) is 9.78 Å². The predicted molar refractivity (Wildman–Crippen MR) is 213 cm³/mol. The van der Waals surface area contributed by atoms with Crippen molar-refractivity contribution >= 4 is 58.1 Å². The zero-order chi connectivity index (χ0) is 36.0. The smallest absolute Gasteiger partial charge is 0.330 e. The molecule has 1 aromatic heterocycles. The van der Waals surface area contributed by atoms with Crippen molar-refractivity contribution in [1.82, 2.24) is 15.6 Å². The Morgan fingerprint density at radius 3 is 1.59 bits per heavy atom. The lowest BCUT2D eigenvalue weighted by atomic mass is 9.98. The molecule has 9 nitrogen and oxygen atoms in total. The molecule has 0 radical (unpaired) electrons. The Morgan fingerprint density at radius 1 is 0.686 bits per heavy atom. The first-order chi connectivity index (χ1) is 24.8. The average Bonchev–Trinajstić information content (AvgIpc) is 3.16. The summed E-state index contributed by atoms with van der Waals surface area (Å²) in [4.78, 5) is 17.5. The summed E-state index contributed by atoms with van der Waals surface area (Å²) in [5.74, 6) is 0.958. The number of nitrogens with one attached hydrogen (secondary N) is 4. The third kappa shape index (κ3) is 10.6. The topological polar surface area (TPSA) is 106 Å². The maximum atomic E-state index is 12.3. The van der Waals surface area contributed by atoms with Crippen LogP contribution in [0.25, 0.3) is 28.6 Å². The molecule has 0 bridgehead atoms. The first-order valence-electron chi connectivity index (χ1n) is 16.3. The van der Waals surface area contributed by atoms with Gasteiger partial charge in [0.05, 0.1) is 32.2 Å². The summed E-state index contributed by atoms with van der Waals surface area (Å²) in [5, 5.41) is 14.0. The van der Waals surface area contributed by atoms with E-state index in [1.165, 1.54) is 6.08 Å². The number of para-hydroxylation sites is 2. The van der Waals surface area contributed by atoms with Crippen molar-refractivity contribution in [2.75, 3.05) is 31.5 Å². The molecule has 1 heterocycles. The molecule has 0 aliphatic carbocycles. The van der Waals surface area contributed by atoms with E-state index in [4.69, 9.17) is 43.6 Å². The van der Waals surface area contributed by atoms with Crippen molar-refractivity contribution in [3.63, 3.8) is 0 Å². The number of aromatic nitrogens is 1. The SMILES string of the molecule is CCOC(=O)/C=C/c1cc(-c2ccc(OC)cc2CNC(=S)Nc2ccccc2)nc(-c2ccc(OC)cc2CNC(=S)Nc2ccccc2)c1. The molecule has 4 N–H and O–H groups in total. The van der Waals surface area contributed by atoms with Gasteiger partial charge in [0.15, 0.2) is 10.2 Å². The number of carbonyl (C=O) groups excluding carboxylic acids is 1. The van der Waals surface area contributed by atoms with Crippen LogP contribution in [0.15, 0.2) is 115 Å².